The highest BCUT2D eigenvalue weighted by Crippen LogP contribution is 2.26. The van der Waals surface area contributed by atoms with Crippen LogP contribution < -0.4 is 9.64 Å². The minimum atomic E-state index is -4.84. The maximum atomic E-state index is 12.8. The van der Waals surface area contributed by atoms with Crippen molar-refractivity contribution in [3.63, 3.8) is 0 Å². The van der Waals surface area contributed by atoms with Crippen LogP contribution in [0, 0.1) is 0 Å². The van der Waals surface area contributed by atoms with Crippen molar-refractivity contribution in [3.8, 4) is 5.75 Å². The van der Waals surface area contributed by atoms with Gasteiger partial charge in [0.15, 0.2) is 11.3 Å². The van der Waals surface area contributed by atoms with Gasteiger partial charge in [-0.2, -0.15) is 4.31 Å². The molecule has 1 saturated heterocycles. The highest BCUT2D eigenvalue weighted by molar-refractivity contribution is 7.89. The second-order valence-electron chi connectivity index (χ2n) is 6.34. The molecule has 13 heteroatoms. The van der Waals surface area contributed by atoms with Gasteiger partial charge in [0.05, 0.1) is 11.1 Å². The molecule has 2 aromatic heterocycles. The van der Waals surface area contributed by atoms with E-state index in [1.165, 1.54) is 16.7 Å². The number of halogens is 3. The summed E-state index contributed by atoms with van der Waals surface area (Å²) in [4.78, 5) is 18.5. The number of hydrogen-bond donors (Lipinski definition) is 0. The van der Waals surface area contributed by atoms with Crippen LogP contribution in [0.1, 0.15) is 0 Å². The molecule has 0 aliphatic carbocycles. The van der Waals surface area contributed by atoms with E-state index >= 15 is 0 Å². The minimum Gasteiger partial charge on any atom is -0.406 e. The second kappa shape index (κ2) is 7.65. The number of ether oxygens (including phenoxy) is 1. The van der Waals surface area contributed by atoms with Crippen LogP contribution in [0.15, 0.2) is 47.8 Å². The summed E-state index contributed by atoms with van der Waals surface area (Å²) in [5.41, 5.74) is 0.812. The Balaban J connectivity index is 1.44. The Bertz CT molecular complexity index is 1150. The number of benzene rings is 1. The standard InChI is InChI=1S/C17H15F3N6O3S/c18-17(19,20)29-12-1-3-13(4-2-12)30(27,28)26-9-7-25(8-10-26)14-11-23-15-16(24-14)22-6-5-21-15/h1-6,11H,7-10H2. The zero-order chi connectivity index (χ0) is 21.4. The molecule has 0 amide bonds. The molecule has 0 spiro atoms. The van der Waals surface area contributed by atoms with Crippen molar-refractivity contribution >= 4 is 27.1 Å². The summed E-state index contributed by atoms with van der Waals surface area (Å²) in [6.07, 6.45) is -0.257. The summed E-state index contributed by atoms with van der Waals surface area (Å²) in [5, 5.41) is 0. The SMILES string of the molecule is O=S(=O)(c1ccc(OC(F)(F)F)cc1)N1CCN(c2cnc3nccnc3n2)CC1. The first-order chi connectivity index (χ1) is 14.2. The molecule has 1 aliphatic heterocycles. The van der Waals surface area contributed by atoms with E-state index in [0.29, 0.717) is 30.2 Å². The zero-order valence-corrected chi connectivity index (χ0v) is 16.1. The van der Waals surface area contributed by atoms with Crippen LogP contribution in [-0.2, 0) is 10.0 Å². The topological polar surface area (TPSA) is 101 Å². The first-order valence-electron chi connectivity index (χ1n) is 8.77. The molecular weight excluding hydrogens is 425 g/mol. The Labute approximate surface area is 169 Å². The average Bonchev–Trinajstić information content (AvgIpc) is 2.73. The van der Waals surface area contributed by atoms with E-state index in [-0.39, 0.29) is 18.0 Å². The molecule has 1 aliphatic rings. The van der Waals surface area contributed by atoms with E-state index in [9.17, 15) is 21.6 Å². The number of alkyl halides is 3. The molecule has 4 rings (SSSR count). The Morgan fingerprint density at radius 1 is 0.900 bits per heavy atom. The molecule has 30 heavy (non-hydrogen) atoms. The van der Waals surface area contributed by atoms with Crippen molar-refractivity contribution < 1.29 is 26.3 Å². The van der Waals surface area contributed by atoms with Crippen molar-refractivity contribution in [1.29, 1.82) is 0 Å². The van der Waals surface area contributed by atoms with Gasteiger partial charge in [-0.1, -0.05) is 0 Å². The van der Waals surface area contributed by atoms with Gasteiger partial charge in [0.2, 0.25) is 10.0 Å². The van der Waals surface area contributed by atoms with Crippen molar-refractivity contribution in [1.82, 2.24) is 24.2 Å². The first-order valence-corrected chi connectivity index (χ1v) is 10.2. The summed E-state index contributed by atoms with van der Waals surface area (Å²) in [5.74, 6) is 0.0814. The van der Waals surface area contributed by atoms with E-state index in [1.807, 2.05) is 4.90 Å². The quantitative estimate of drug-likeness (QED) is 0.606. The summed E-state index contributed by atoms with van der Waals surface area (Å²) >= 11 is 0. The fourth-order valence-corrected chi connectivity index (χ4v) is 4.44. The van der Waals surface area contributed by atoms with E-state index in [0.717, 1.165) is 24.3 Å². The largest absolute Gasteiger partial charge is 0.573 e. The minimum absolute atomic E-state index is 0.105. The third kappa shape index (κ3) is 4.26. The van der Waals surface area contributed by atoms with Crippen LogP contribution in [0.2, 0.25) is 0 Å². The monoisotopic (exact) mass is 440 g/mol. The highest BCUT2D eigenvalue weighted by Gasteiger charge is 2.32. The molecule has 0 unspecified atom stereocenters. The highest BCUT2D eigenvalue weighted by atomic mass is 32.2. The van der Waals surface area contributed by atoms with Gasteiger partial charge in [-0.15, -0.1) is 13.2 Å². The first kappa shape index (κ1) is 20.2. The molecule has 0 bridgehead atoms. The molecule has 158 valence electrons. The fraction of sp³-hybridized carbons (Fsp3) is 0.294. The molecule has 0 saturated carbocycles. The average molecular weight is 440 g/mol. The molecule has 1 fully saturated rings. The molecule has 3 heterocycles. The number of fused-ring (bicyclic) bond motifs is 1. The van der Waals surface area contributed by atoms with Gasteiger partial charge in [0.1, 0.15) is 11.6 Å². The Morgan fingerprint density at radius 3 is 2.17 bits per heavy atom. The van der Waals surface area contributed by atoms with Crippen molar-refractivity contribution in [2.75, 3.05) is 31.1 Å². The van der Waals surface area contributed by atoms with Gasteiger partial charge in [-0.3, -0.25) is 0 Å². The number of sulfonamides is 1. The normalized spacial score (nSPS) is 16.0. The summed E-state index contributed by atoms with van der Waals surface area (Å²) in [7, 11) is -3.85. The third-order valence-corrected chi connectivity index (χ3v) is 6.35. The summed E-state index contributed by atoms with van der Waals surface area (Å²) in [6.45, 7) is 1.11. The van der Waals surface area contributed by atoms with E-state index < -0.39 is 22.1 Å². The third-order valence-electron chi connectivity index (χ3n) is 4.44. The van der Waals surface area contributed by atoms with Gasteiger partial charge in [0.25, 0.3) is 0 Å². The van der Waals surface area contributed by atoms with Gasteiger partial charge in [0, 0.05) is 38.6 Å². The van der Waals surface area contributed by atoms with Crippen molar-refractivity contribution in [2.24, 2.45) is 0 Å². The molecule has 3 aromatic rings. The lowest BCUT2D eigenvalue weighted by Gasteiger charge is -2.34. The predicted molar refractivity (Wildman–Crippen MR) is 99.2 cm³/mol. The Hall–Kier alpha value is -3.06. The second-order valence-corrected chi connectivity index (χ2v) is 8.28. The lowest BCUT2D eigenvalue weighted by Crippen LogP contribution is -2.49. The van der Waals surface area contributed by atoms with Crippen molar-refractivity contribution in [2.45, 2.75) is 11.3 Å². The number of piperazine rings is 1. The van der Waals surface area contributed by atoms with Crippen LogP contribution in [0.5, 0.6) is 5.75 Å². The molecule has 9 nitrogen and oxygen atoms in total. The lowest BCUT2D eigenvalue weighted by atomic mass is 10.3. The lowest BCUT2D eigenvalue weighted by molar-refractivity contribution is -0.274. The summed E-state index contributed by atoms with van der Waals surface area (Å²) < 4.78 is 67.4. The van der Waals surface area contributed by atoms with Gasteiger partial charge in [-0.25, -0.2) is 28.4 Å². The van der Waals surface area contributed by atoms with Crippen LogP contribution in [-0.4, -0.2) is 65.2 Å². The van der Waals surface area contributed by atoms with Crippen LogP contribution in [0.25, 0.3) is 11.3 Å². The fourth-order valence-electron chi connectivity index (χ4n) is 3.02. The molecule has 1 aromatic carbocycles. The van der Waals surface area contributed by atoms with Crippen LogP contribution >= 0.6 is 0 Å². The predicted octanol–water partition coefficient (Wildman–Crippen LogP) is 1.83. The zero-order valence-electron chi connectivity index (χ0n) is 15.3. The van der Waals surface area contributed by atoms with E-state index in [4.69, 9.17) is 0 Å². The summed E-state index contributed by atoms with van der Waals surface area (Å²) in [6, 6.07) is 4.14. The van der Waals surface area contributed by atoms with E-state index in [1.54, 1.807) is 6.20 Å². The Morgan fingerprint density at radius 2 is 1.53 bits per heavy atom. The smallest absolute Gasteiger partial charge is 0.406 e. The molecular formula is C17H15F3N6O3S. The molecule has 0 N–H and O–H groups in total. The number of anilines is 1. The van der Waals surface area contributed by atoms with Crippen LogP contribution in [0.3, 0.4) is 0 Å². The number of hydrogen-bond acceptors (Lipinski definition) is 8. The van der Waals surface area contributed by atoms with E-state index in [2.05, 4.69) is 24.7 Å². The number of aromatic nitrogens is 4. The van der Waals surface area contributed by atoms with Crippen LogP contribution in [0.4, 0.5) is 19.0 Å². The number of rotatable bonds is 4. The number of nitrogens with zero attached hydrogens (tertiary/aromatic N) is 6. The van der Waals surface area contributed by atoms with Gasteiger partial charge in [-0.05, 0) is 24.3 Å². The maximum Gasteiger partial charge on any atom is 0.573 e. The van der Waals surface area contributed by atoms with Crippen molar-refractivity contribution in [3.05, 3.63) is 42.9 Å². The van der Waals surface area contributed by atoms with Gasteiger partial charge < -0.3 is 9.64 Å². The molecule has 0 atom stereocenters. The molecule has 0 radical (unpaired) electrons. The maximum absolute atomic E-state index is 12.8. The Kier molecular flexibility index (Phi) is 5.15. The van der Waals surface area contributed by atoms with Gasteiger partial charge >= 0.3 is 6.36 Å².